The number of hydrogen-bond donors (Lipinski definition) is 0. The fourth-order valence-electron chi connectivity index (χ4n) is 2.07. The van der Waals surface area contributed by atoms with Gasteiger partial charge in [-0.1, -0.05) is 31.9 Å². The van der Waals surface area contributed by atoms with Crippen molar-refractivity contribution < 1.29 is 14.4 Å². The Morgan fingerprint density at radius 2 is 1.89 bits per heavy atom. The van der Waals surface area contributed by atoms with E-state index < -0.39 is 11.7 Å². The number of carbonyl (C=O) groups is 3. The van der Waals surface area contributed by atoms with E-state index in [1.165, 1.54) is 0 Å². The highest BCUT2D eigenvalue weighted by atomic mass is 16.2. The number of hydrogen-bond acceptors (Lipinski definition) is 3. The molecule has 0 radical (unpaired) electrons. The number of benzene rings is 1. The molecule has 1 heterocycles. The molecule has 0 bridgehead atoms. The fraction of sp³-hybridized carbons (Fsp3) is 0.357. The van der Waals surface area contributed by atoms with Crippen molar-refractivity contribution in [3.8, 4) is 0 Å². The standard InChI is InChI=1S/C14H15NO3/c1-2-3-4-9-12(16)15-11-8-6-5-7-10(11)13(17)14(15)18/h5-8H,2-4,9H2,1H3. The lowest BCUT2D eigenvalue weighted by atomic mass is 10.1. The summed E-state index contributed by atoms with van der Waals surface area (Å²) >= 11 is 0. The predicted octanol–water partition coefficient (Wildman–Crippen LogP) is 2.32. The number of fused-ring (bicyclic) bond motifs is 1. The summed E-state index contributed by atoms with van der Waals surface area (Å²) in [5.74, 6) is -1.60. The number of imide groups is 1. The Hall–Kier alpha value is -1.97. The number of anilines is 1. The van der Waals surface area contributed by atoms with E-state index in [0.717, 1.165) is 24.2 Å². The molecule has 2 rings (SSSR count). The average Bonchev–Trinajstić information content (AvgIpc) is 2.63. The van der Waals surface area contributed by atoms with Gasteiger partial charge in [0, 0.05) is 6.42 Å². The molecule has 94 valence electrons. The Bertz CT molecular complexity index is 508. The Labute approximate surface area is 106 Å². The lowest BCUT2D eigenvalue weighted by Crippen LogP contribution is -2.35. The molecular weight excluding hydrogens is 230 g/mol. The summed E-state index contributed by atoms with van der Waals surface area (Å²) < 4.78 is 0. The molecule has 2 amide bonds. The summed E-state index contributed by atoms with van der Waals surface area (Å²) in [5.41, 5.74) is 0.750. The highest BCUT2D eigenvalue weighted by molar-refractivity contribution is 6.56. The number of unbranched alkanes of at least 4 members (excludes halogenated alkanes) is 2. The number of amides is 2. The molecular formula is C14H15NO3. The van der Waals surface area contributed by atoms with Gasteiger partial charge in [-0.05, 0) is 18.6 Å². The molecule has 1 aliphatic rings. The molecule has 0 N–H and O–H groups in total. The molecule has 4 heteroatoms. The number of rotatable bonds is 4. The third-order valence-electron chi connectivity index (χ3n) is 3.03. The maximum Gasteiger partial charge on any atom is 0.306 e. The molecule has 0 fully saturated rings. The van der Waals surface area contributed by atoms with Crippen LogP contribution in [0.5, 0.6) is 0 Å². The summed E-state index contributed by atoms with van der Waals surface area (Å²) in [6.07, 6.45) is 3.01. The first-order valence-electron chi connectivity index (χ1n) is 6.17. The molecule has 0 saturated carbocycles. The molecule has 1 aliphatic heterocycles. The third-order valence-corrected chi connectivity index (χ3v) is 3.03. The Morgan fingerprint density at radius 1 is 1.17 bits per heavy atom. The van der Waals surface area contributed by atoms with Gasteiger partial charge in [0.15, 0.2) is 0 Å². The van der Waals surface area contributed by atoms with Crippen molar-refractivity contribution in [3.05, 3.63) is 29.8 Å². The van der Waals surface area contributed by atoms with Crippen LogP contribution in [0.2, 0.25) is 0 Å². The number of ketones is 1. The van der Waals surface area contributed by atoms with Crippen LogP contribution in [-0.4, -0.2) is 17.6 Å². The third kappa shape index (κ3) is 2.06. The van der Waals surface area contributed by atoms with Crippen LogP contribution in [-0.2, 0) is 9.59 Å². The van der Waals surface area contributed by atoms with Gasteiger partial charge in [0.25, 0.3) is 5.78 Å². The molecule has 1 aromatic rings. The Kier molecular flexibility index (Phi) is 3.55. The maximum absolute atomic E-state index is 12.0. The number of nitrogens with zero attached hydrogens (tertiary/aromatic N) is 1. The van der Waals surface area contributed by atoms with Gasteiger partial charge < -0.3 is 0 Å². The Balaban J connectivity index is 2.21. The van der Waals surface area contributed by atoms with E-state index in [1.54, 1.807) is 24.3 Å². The second-order valence-electron chi connectivity index (χ2n) is 4.34. The number of para-hydroxylation sites is 1. The van der Waals surface area contributed by atoms with Gasteiger partial charge in [0.2, 0.25) is 5.91 Å². The second-order valence-corrected chi connectivity index (χ2v) is 4.34. The molecule has 0 spiro atoms. The van der Waals surface area contributed by atoms with Crippen molar-refractivity contribution in [3.63, 3.8) is 0 Å². The van der Waals surface area contributed by atoms with E-state index in [2.05, 4.69) is 0 Å². The summed E-state index contributed by atoms with van der Waals surface area (Å²) in [7, 11) is 0. The predicted molar refractivity (Wildman–Crippen MR) is 67.4 cm³/mol. The first-order chi connectivity index (χ1) is 8.66. The average molecular weight is 245 g/mol. The zero-order valence-corrected chi connectivity index (χ0v) is 10.3. The number of carbonyl (C=O) groups excluding carboxylic acids is 3. The largest absolute Gasteiger partial charge is 0.306 e. The van der Waals surface area contributed by atoms with Crippen LogP contribution in [0.4, 0.5) is 5.69 Å². The monoisotopic (exact) mass is 245 g/mol. The SMILES string of the molecule is CCCCCC(=O)N1C(=O)C(=O)c2ccccc21. The summed E-state index contributed by atoms with van der Waals surface area (Å²) in [6, 6.07) is 6.62. The van der Waals surface area contributed by atoms with E-state index in [9.17, 15) is 14.4 Å². The van der Waals surface area contributed by atoms with Crippen LogP contribution >= 0.6 is 0 Å². The lowest BCUT2D eigenvalue weighted by Gasteiger charge is -2.14. The summed E-state index contributed by atoms with van der Waals surface area (Å²) in [5, 5.41) is 0. The van der Waals surface area contributed by atoms with E-state index in [0.29, 0.717) is 17.7 Å². The normalized spacial score (nSPS) is 13.9. The van der Waals surface area contributed by atoms with Crippen molar-refractivity contribution in [2.45, 2.75) is 32.6 Å². The summed E-state index contributed by atoms with van der Waals surface area (Å²) in [6.45, 7) is 2.05. The first-order valence-corrected chi connectivity index (χ1v) is 6.17. The van der Waals surface area contributed by atoms with Crippen molar-refractivity contribution in [1.82, 2.24) is 0 Å². The van der Waals surface area contributed by atoms with Crippen molar-refractivity contribution in [2.75, 3.05) is 4.90 Å². The minimum Gasteiger partial charge on any atom is -0.283 e. The minimum absolute atomic E-state index is 0.285. The minimum atomic E-state index is -0.724. The highest BCUT2D eigenvalue weighted by Gasteiger charge is 2.38. The zero-order chi connectivity index (χ0) is 13.1. The lowest BCUT2D eigenvalue weighted by molar-refractivity contribution is -0.124. The van der Waals surface area contributed by atoms with Gasteiger partial charge >= 0.3 is 5.91 Å². The number of Topliss-reactive ketones (excluding diaryl/α,β-unsaturated/α-hetero) is 1. The smallest absolute Gasteiger partial charge is 0.283 e. The van der Waals surface area contributed by atoms with Gasteiger partial charge in [-0.15, -0.1) is 0 Å². The van der Waals surface area contributed by atoms with Crippen molar-refractivity contribution in [2.24, 2.45) is 0 Å². The maximum atomic E-state index is 12.0. The molecule has 0 aromatic heterocycles. The summed E-state index contributed by atoms with van der Waals surface area (Å²) in [4.78, 5) is 36.5. The zero-order valence-electron chi connectivity index (χ0n) is 10.3. The van der Waals surface area contributed by atoms with Gasteiger partial charge in [0.05, 0.1) is 11.3 Å². The molecule has 4 nitrogen and oxygen atoms in total. The van der Waals surface area contributed by atoms with E-state index >= 15 is 0 Å². The van der Waals surface area contributed by atoms with Crippen LogP contribution < -0.4 is 4.90 Å². The van der Waals surface area contributed by atoms with Gasteiger partial charge in [-0.3, -0.25) is 14.4 Å². The first kappa shape index (κ1) is 12.5. The van der Waals surface area contributed by atoms with Gasteiger partial charge in [0.1, 0.15) is 0 Å². The van der Waals surface area contributed by atoms with Crippen LogP contribution in [0, 0.1) is 0 Å². The quantitative estimate of drug-likeness (QED) is 0.604. The highest BCUT2D eigenvalue weighted by Crippen LogP contribution is 2.29. The molecule has 0 atom stereocenters. The second kappa shape index (κ2) is 5.12. The van der Waals surface area contributed by atoms with Crippen molar-refractivity contribution in [1.29, 1.82) is 0 Å². The van der Waals surface area contributed by atoms with Crippen LogP contribution in [0.25, 0.3) is 0 Å². The molecule has 0 unspecified atom stereocenters. The van der Waals surface area contributed by atoms with Crippen molar-refractivity contribution >= 4 is 23.3 Å². The van der Waals surface area contributed by atoms with Crippen LogP contribution in [0.1, 0.15) is 43.0 Å². The molecule has 18 heavy (non-hydrogen) atoms. The topological polar surface area (TPSA) is 54.5 Å². The van der Waals surface area contributed by atoms with E-state index in [1.807, 2.05) is 6.92 Å². The van der Waals surface area contributed by atoms with Crippen LogP contribution in [0.15, 0.2) is 24.3 Å². The van der Waals surface area contributed by atoms with Gasteiger partial charge in [-0.2, -0.15) is 0 Å². The van der Waals surface area contributed by atoms with E-state index in [-0.39, 0.29) is 5.91 Å². The van der Waals surface area contributed by atoms with E-state index in [4.69, 9.17) is 0 Å². The van der Waals surface area contributed by atoms with Crippen LogP contribution in [0.3, 0.4) is 0 Å². The molecule has 0 saturated heterocycles. The molecule has 0 aliphatic carbocycles. The fourth-order valence-corrected chi connectivity index (χ4v) is 2.07. The Morgan fingerprint density at radius 3 is 2.61 bits per heavy atom. The van der Waals surface area contributed by atoms with Gasteiger partial charge in [-0.25, -0.2) is 4.90 Å². The molecule has 1 aromatic carbocycles.